The first-order chi connectivity index (χ1) is 18.9. The smallest absolute Gasteiger partial charge is 0.268 e. The van der Waals surface area contributed by atoms with Gasteiger partial charge in [0.25, 0.3) is 16.1 Å². The third-order valence-electron chi connectivity index (χ3n) is 8.40. The highest BCUT2D eigenvalue weighted by Crippen LogP contribution is 2.44. The average molecular weight is 606 g/mol. The Morgan fingerprint density at radius 3 is 1.80 bits per heavy atom. The molecule has 2 rings (SSSR count). The van der Waals surface area contributed by atoms with E-state index >= 15 is 0 Å². The van der Waals surface area contributed by atoms with Crippen molar-refractivity contribution in [2.75, 3.05) is 11.9 Å². The van der Waals surface area contributed by atoms with Gasteiger partial charge in [-0.3, -0.25) is 14.4 Å². The summed E-state index contributed by atoms with van der Waals surface area (Å²) in [5.74, 6) is -1.32. The third kappa shape index (κ3) is 8.48. The number of ketones is 1. The van der Waals surface area contributed by atoms with Crippen LogP contribution < -0.4 is 15.4 Å². The van der Waals surface area contributed by atoms with Crippen LogP contribution in [-0.4, -0.2) is 34.1 Å². The van der Waals surface area contributed by atoms with Crippen molar-refractivity contribution >= 4 is 46.5 Å². The number of alkyl halides is 2. The van der Waals surface area contributed by atoms with Crippen LogP contribution in [0.25, 0.3) is 0 Å². The van der Waals surface area contributed by atoms with E-state index in [0.29, 0.717) is 24.3 Å². The molecule has 0 spiro atoms. The lowest BCUT2D eigenvalue weighted by Crippen LogP contribution is -2.62. The number of halogens is 2. The average Bonchev–Trinajstić information content (AvgIpc) is 2.94. The summed E-state index contributed by atoms with van der Waals surface area (Å²) in [7, 11) is 0. The van der Waals surface area contributed by atoms with Crippen LogP contribution in [0.4, 0.5) is 5.69 Å². The Labute approximate surface area is 255 Å². The maximum atomic E-state index is 14.3. The predicted octanol–water partition coefficient (Wildman–Crippen LogP) is 7.98. The first-order valence-electron chi connectivity index (χ1n) is 14.3. The Bertz CT molecular complexity index is 1180. The highest BCUT2D eigenvalue weighted by Gasteiger charge is 2.54. The Morgan fingerprint density at radius 1 is 0.756 bits per heavy atom. The summed E-state index contributed by atoms with van der Waals surface area (Å²) in [6.07, 6.45) is 2.84. The van der Waals surface area contributed by atoms with E-state index < -0.39 is 32.5 Å². The molecule has 0 aliphatic carbocycles. The van der Waals surface area contributed by atoms with Crippen molar-refractivity contribution in [3.05, 3.63) is 60.7 Å². The Kier molecular flexibility index (Phi) is 11.5. The lowest BCUT2D eigenvalue weighted by atomic mass is 9.67. The molecular formula is C33H46Cl2N2O4. The minimum atomic E-state index is -2.37. The molecule has 2 amide bonds. The summed E-state index contributed by atoms with van der Waals surface area (Å²) in [6, 6.07) is 17.9. The van der Waals surface area contributed by atoms with Gasteiger partial charge in [-0.2, -0.15) is 0 Å². The maximum absolute atomic E-state index is 14.3. The number of carbonyl (C=O) groups is 3. The van der Waals surface area contributed by atoms with Crippen LogP contribution in [-0.2, 0) is 14.4 Å². The van der Waals surface area contributed by atoms with Gasteiger partial charge in [0.15, 0.2) is 11.4 Å². The van der Waals surface area contributed by atoms with Gasteiger partial charge in [0, 0.05) is 23.1 Å². The second-order valence-corrected chi connectivity index (χ2v) is 14.1. The van der Waals surface area contributed by atoms with Crippen molar-refractivity contribution in [1.82, 2.24) is 5.32 Å². The molecule has 2 N–H and O–H groups in total. The summed E-state index contributed by atoms with van der Waals surface area (Å²) in [5.41, 5.74) is -2.62. The second kappa shape index (κ2) is 13.6. The zero-order valence-electron chi connectivity index (χ0n) is 25.7. The van der Waals surface area contributed by atoms with Gasteiger partial charge >= 0.3 is 0 Å². The van der Waals surface area contributed by atoms with Crippen LogP contribution >= 0.6 is 23.2 Å². The van der Waals surface area contributed by atoms with Crippen molar-refractivity contribution in [2.45, 2.75) is 91.0 Å². The molecule has 41 heavy (non-hydrogen) atoms. The van der Waals surface area contributed by atoms with Gasteiger partial charge < -0.3 is 15.4 Å². The number of rotatable bonds is 15. The normalized spacial score (nSPS) is 14.1. The highest BCUT2D eigenvalue weighted by molar-refractivity contribution is 6.69. The number of hydrogen-bond acceptors (Lipinski definition) is 4. The second-order valence-electron chi connectivity index (χ2n) is 12.8. The molecule has 6 nitrogen and oxygen atoms in total. The van der Waals surface area contributed by atoms with Gasteiger partial charge in [-0.15, -0.1) is 0 Å². The number of carbonyl (C=O) groups excluding carboxylic acids is 3. The van der Waals surface area contributed by atoms with Crippen molar-refractivity contribution in [1.29, 1.82) is 0 Å². The van der Waals surface area contributed by atoms with E-state index in [9.17, 15) is 14.4 Å². The predicted molar refractivity (Wildman–Crippen MR) is 168 cm³/mol. The van der Waals surface area contributed by atoms with E-state index in [1.54, 1.807) is 44.2 Å². The first kappa shape index (κ1) is 34.6. The molecule has 0 aromatic heterocycles. The van der Waals surface area contributed by atoms with Gasteiger partial charge in [0.2, 0.25) is 0 Å². The van der Waals surface area contributed by atoms with E-state index in [1.165, 1.54) is 0 Å². The molecule has 0 bridgehead atoms. The third-order valence-corrected chi connectivity index (χ3v) is 9.08. The summed E-state index contributed by atoms with van der Waals surface area (Å²) in [4.78, 5) is 40.7. The molecule has 0 radical (unpaired) electrons. The maximum Gasteiger partial charge on any atom is 0.268 e. The number of amides is 2. The number of hydrogen-bond donors (Lipinski definition) is 2. The molecule has 2 aromatic carbocycles. The minimum Gasteiger partial charge on any atom is -0.477 e. The molecule has 0 aliphatic rings. The summed E-state index contributed by atoms with van der Waals surface area (Å²) < 4.78 is 4.28. The molecule has 226 valence electrons. The summed E-state index contributed by atoms with van der Waals surface area (Å²) >= 11 is 12.7. The van der Waals surface area contributed by atoms with Crippen molar-refractivity contribution in [3.8, 4) is 5.75 Å². The van der Waals surface area contributed by atoms with Gasteiger partial charge in [0.05, 0.1) is 0 Å². The Morgan fingerprint density at radius 2 is 1.29 bits per heavy atom. The Balaban J connectivity index is 2.36. The zero-order valence-corrected chi connectivity index (χ0v) is 27.2. The van der Waals surface area contributed by atoms with Gasteiger partial charge in [-0.05, 0) is 48.9 Å². The molecule has 0 fully saturated rings. The van der Waals surface area contributed by atoms with Crippen molar-refractivity contribution < 1.29 is 19.1 Å². The van der Waals surface area contributed by atoms with Crippen LogP contribution in [0.5, 0.6) is 5.75 Å². The number of ether oxygens (including phenoxy) is 1. The largest absolute Gasteiger partial charge is 0.477 e. The molecule has 0 saturated carbocycles. The number of Topliss-reactive ketones (excluding diaryl/α,β-unsaturated/α-hetero) is 1. The Hall–Kier alpha value is -2.57. The number of benzene rings is 2. The molecular weight excluding hydrogens is 559 g/mol. The first-order valence-corrected chi connectivity index (χ1v) is 15.0. The van der Waals surface area contributed by atoms with Crippen LogP contribution in [0.2, 0.25) is 0 Å². The van der Waals surface area contributed by atoms with E-state index in [4.69, 9.17) is 27.9 Å². The van der Waals surface area contributed by atoms with Gasteiger partial charge in [-0.1, -0.05) is 121 Å². The molecule has 0 heterocycles. The molecule has 2 aromatic rings. The highest BCUT2D eigenvalue weighted by atomic mass is 35.5. The van der Waals surface area contributed by atoms with Crippen molar-refractivity contribution in [3.63, 3.8) is 0 Å². The summed E-state index contributed by atoms with van der Waals surface area (Å²) in [6.45, 7) is 15.7. The molecule has 1 unspecified atom stereocenters. The number of anilines is 1. The van der Waals surface area contributed by atoms with E-state index in [2.05, 4.69) is 31.4 Å². The van der Waals surface area contributed by atoms with Crippen molar-refractivity contribution in [2.24, 2.45) is 16.2 Å². The van der Waals surface area contributed by atoms with E-state index in [0.717, 1.165) is 12.8 Å². The fourth-order valence-electron chi connectivity index (χ4n) is 4.44. The van der Waals surface area contributed by atoms with Crippen LogP contribution in [0, 0.1) is 16.2 Å². The zero-order chi connectivity index (χ0) is 31.1. The lowest BCUT2D eigenvalue weighted by molar-refractivity contribution is -0.152. The molecule has 0 saturated heterocycles. The van der Waals surface area contributed by atoms with E-state index in [-0.39, 0.29) is 17.9 Å². The van der Waals surface area contributed by atoms with Crippen LogP contribution in [0.3, 0.4) is 0 Å². The molecule has 0 aliphatic heterocycles. The number of para-hydroxylation sites is 2. The fourth-order valence-corrected chi connectivity index (χ4v) is 5.05. The lowest BCUT2D eigenvalue weighted by Gasteiger charge is -2.46. The summed E-state index contributed by atoms with van der Waals surface area (Å²) in [5, 5.41) is 5.57. The fraction of sp³-hybridized carbons (Fsp3) is 0.545. The van der Waals surface area contributed by atoms with Gasteiger partial charge in [-0.25, -0.2) is 0 Å². The van der Waals surface area contributed by atoms with Gasteiger partial charge in [0.1, 0.15) is 5.75 Å². The monoisotopic (exact) mass is 604 g/mol. The standard InChI is InChI=1S/C33H46Cl2N2O4/c1-9-29(3,4)21-22-32(31(7,8)10-2,41-25-19-15-12-16-20-25)27(39)36-23-30(5,6)26(38)33(34,35)28(40)37-24-17-13-11-14-18-24/h11-20H,9-10,21-23H2,1-8H3,(H,36,39)(H,37,40). The number of nitrogens with one attached hydrogen (secondary N) is 2. The van der Waals surface area contributed by atoms with Crippen LogP contribution in [0.15, 0.2) is 60.7 Å². The topological polar surface area (TPSA) is 84.5 Å². The minimum absolute atomic E-state index is 0.00635. The SMILES string of the molecule is CCC(C)(C)CCC(Oc1ccccc1)(C(=O)NCC(C)(C)C(=O)C(Cl)(Cl)C(=O)Nc1ccccc1)C(C)(C)CC. The quantitative estimate of drug-likeness (QED) is 0.159. The van der Waals surface area contributed by atoms with E-state index in [1.807, 2.05) is 51.1 Å². The van der Waals surface area contributed by atoms with Crippen LogP contribution in [0.1, 0.15) is 81.1 Å². The molecule has 8 heteroatoms. The molecule has 1 atom stereocenters.